The predicted molar refractivity (Wildman–Crippen MR) is 71.9 cm³/mol. The van der Waals surface area contributed by atoms with Gasteiger partial charge in [0.05, 0.1) is 24.2 Å². The van der Waals surface area contributed by atoms with E-state index in [4.69, 9.17) is 4.74 Å². The maximum absolute atomic E-state index is 11.4. The molecule has 100 valence electrons. The number of carbonyl (C=O) groups excluding carboxylic acids is 1. The maximum Gasteiger partial charge on any atom is 0.407 e. The van der Waals surface area contributed by atoms with Gasteiger partial charge in [0.25, 0.3) is 0 Å². The molecule has 1 aliphatic carbocycles. The van der Waals surface area contributed by atoms with Crippen molar-refractivity contribution in [3.8, 4) is 0 Å². The minimum Gasteiger partial charge on any atom is -0.450 e. The molecule has 5 heteroatoms. The molecule has 1 heterocycles. The summed E-state index contributed by atoms with van der Waals surface area (Å²) in [4.78, 5) is 16.0. The highest BCUT2D eigenvalue weighted by Gasteiger charge is 2.28. The summed E-state index contributed by atoms with van der Waals surface area (Å²) >= 11 is 0. The first-order chi connectivity index (χ1) is 9.29. The van der Waals surface area contributed by atoms with Gasteiger partial charge in [-0.2, -0.15) is 0 Å². The van der Waals surface area contributed by atoms with E-state index in [1.165, 1.54) is 12.8 Å². The Morgan fingerprint density at radius 2 is 2.26 bits per heavy atom. The van der Waals surface area contributed by atoms with Crippen LogP contribution < -0.4 is 5.32 Å². The van der Waals surface area contributed by atoms with Gasteiger partial charge in [-0.1, -0.05) is 12.1 Å². The first-order valence-corrected chi connectivity index (χ1v) is 6.66. The summed E-state index contributed by atoms with van der Waals surface area (Å²) in [7, 11) is 0. The first kappa shape index (κ1) is 12.0. The number of benzene rings is 1. The summed E-state index contributed by atoms with van der Waals surface area (Å²) in [5, 5.41) is 2.74. The second-order valence-corrected chi connectivity index (χ2v) is 4.69. The van der Waals surface area contributed by atoms with Crippen LogP contribution in [-0.2, 0) is 11.3 Å². The highest BCUT2D eigenvalue weighted by Crippen LogP contribution is 2.38. The molecule has 0 spiro atoms. The molecule has 0 atom stereocenters. The van der Waals surface area contributed by atoms with Gasteiger partial charge in [0.15, 0.2) is 0 Å². The van der Waals surface area contributed by atoms with Gasteiger partial charge in [0.1, 0.15) is 5.82 Å². The van der Waals surface area contributed by atoms with E-state index in [1.807, 2.05) is 18.2 Å². The molecule has 2 aromatic rings. The second kappa shape index (κ2) is 4.91. The summed E-state index contributed by atoms with van der Waals surface area (Å²) in [5.41, 5.74) is 2.13. The van der Waals surface area contributed by atoms with Crippen LogP contribution in [0.2, 0.25) is 0 Å². The summed E-state index contributed by atoms with van der Waals surface area (Å²) in [5.74, 6) is 0.900. The van der Waals surface area contributed by atoms with Gasteiger partial charge >= 0.3 is 6.09 Å². The Bertz CT molecular complexity index is 602. The summed E-state index contributed by atoms with van der Waals surface area (Å²) < 4.78 is 7.10. The van der Waals surface area contributed by atoms with E-state index in [0.29, 0.717) is 19.2 Å². The number of nitrogens with zero attached hydrogens (tertiary/aromatic N) is 2. The Kier molecular flexibility index (Phi) is 3.11. The monoisotopic (exact) mass is 259 g/mol. The zero-order valence-corrected chi connectivity index (χ0v) is 10.9. The van der Waals surface area contributed by atoms with Crippen LogP contribution in [-0.4, -0.2) is 22.3 Å². The molecule has 1 aromatic carbocycles. The molecule has 0 unspecified atom stereocenters. The number of alkyl carbamates (subject to hydrolysis) is 1. The van der Waals surface area contributed by atoms with Crippen molar-refractivity contribution in [2.24, 2.45) is 0 Å². The SMILES string of the molecule is CCOC(=O)NCc1nc2ccccc2n1C1CC1. The minimum atomic E-state index is -0.392. The third kappa shape index (κ3) is 2.41. The number of aromatic nitrogens is 2. The molecule has 0 aliphatic heterocycles. The summed E-state index contributed by atoms with van der Waals surface area (Å²) in [6.45, 7) is 2.58. The van der Waals surface area contributed by atoms with Gasteiger partial charge in [0.2, 0.25) is 0 Å². The zero-order valence-electron chi connectivity index (χ0n) is 10.9. The van der Waals surface area contributed by atoms with E-state index < -0.39 is 6.09 Å². The zero-order chi connectivity index (χ0) is 13.2. The van der Waals surface area contributed by atoms with Crippen LogP contribution in [0.3, 0.4) is 0 Å². The first-order valence-electron chi connectivity index (χ1n) is 6.66. The van der Waals surface area contributed by atoms with Gasteiger partial charge < -0.3 is 14.6 Å². The predicted octanol–water partition coefficient (Wildman–Crippen LogP) is 2.62. The highest BCUT2D eigenvalue weighted by molar-refractivity contribution is 5.76. The Labute approximate surface area is 111 Å². The molecule has 3 rings (SSSR count). The Hall–Kier alpha value is -2.04. The normalized spacial score (nSPS) is 14.6. The van der Waals surface area contributed by atoms with Crippen molar-refractivity contribution in [3.63, 3.8) is 0 Å². The highest BCUT2D eigenvalue weighted by atomic mass is 16.5. The van der Waals surface area contributed by atoms with Crippen LogP contribution >= 0.6 is 0 Å². The standard InChI is InChI=1S/C14H17N3O2/c1-2-19-14(18)15-9-13-16-11-5-3-4-6-12(11)17(13)10-7-8-10/h3-6,10H,2,7-9H2,1H3,(H,15,18). The molecule has 0 radical (unpaired) electrons. The molecule has 1 aliphatic rings. The second-order valence-electron chi connectivity index (χ2n) is 4.69. The lowest BCUT2D eigenvalue weighted by atomic mass is 10.3. The van der Waals surface area contributed by atoms with Crippen LogP contribution in [0.4, 0.5) is 4.79 Å². The molecular weight excluding hydrogens is 242 g/mol. The van der Waals surface area contributed by atoms with Crippen molar-refractivity contribution in [2.45, 2.75) is 32.4 Å². The number of carbonyl (C=O) groups is 1. The van der Waals surface area contributed by atoms with E-state index in [1.54, 1.807) is 6.92 Å². The summed E-state index contributed by atoms with van der Waals surface area (Å²) in [6.07, 6.45) is 1.98. The fourth-order valence-corrected chi connectivity index (χ4v) is 2.29. The molecule has 0 bridgehead atoms. The fourth-order valence-electron chi connectivity index (χ4n) is 2.29. The number of fused-ring (bicyclic) bond motifs is 1. The topological polar surface area (TPSA) is 56.1 Å². The van der Waals surface area contributed by atoms with Crippen molar-refractivity contribution >= 4 is 17.1 Å². The van der Waals surface area contributed by atoms with Crippen molar-refractivity contribution in [1.29, 1.82) is 0 Å². The molecule has 0 saturated heterocycles. The molecule has 1 saturated carbocycles. The Balaban J connectivity index is 1.85. The van der Waals surface area contributed by atoms with Crippen molar-refractivity contribution in [3.05, 3.63) is 30.1 Å². The van der Waals surface area contributed by atoms with Gasteiger partial charge in [-0.25, -0.2) is 9.78 Å². The smallest absolute Gasteiger partial charge is 0.407 e. The minimum absolute atomic E-state index is 0.380. The van der Waals surface area contributed by atoms with Gasteiger partial charge in [0, 0.05) is 6.04 Å². The number of para-hydroxylation sites is 2. The third-order valence-electron chi connectivity index (χ3n) is 3.25. The average Bonchev–Trinajstić information content (AvgIpc) is 3.17. The molecule has 1 amide bonds. The van der Waals surface area contributed by atoms with Crippen molar-refractivity contribution in [1.82, 2.24) is 14.9 Å². The lowest BCUT2D eigenvalue weighted by Gasteiger charge is -2.08. The number of nitrogens with one attached hydrogen (secondary N) is 1. The number of hydrogen-bond donors (Lipinski definition) is 1. The molecule has 19 heavy (non-hydrogen) atoms. The van der Waals surface area contributed by atoms with E-state index >= 15 is 0 Å². The van der Waals surface area contributed by atoms with Crippen molar-refractivity contribution in [2.75, 3.05) is 6.61 Å². The molecule has 1 fully saturated rings. The Morgan fingerprint density at radius 1 is 1.47 bits per heavy atom. The van der Waals surface area contributed by atoms with Crippen LogP contribution in [0.25, 0.3) is 11.0 Å². The van der Waals surface area contributed by atoms with E-state index in [9.17, 15) is 4.79 Å². The van der Waals surface area contributed by atoms with Crippen LogP contribution in [0.15, 0.2) is 24.3 Å². The Morgan fingerprint density at radius 3 is 3.00 bits per heavy atom. The molecular formula is C14H17N3O2. The number of rotatable bonds is 4. The quantitative estimate of drug-likeness (QED) is 0.918. The van der Waals surface area contributed by atoms with Gasteiger partial charge in [-0.05, 0) is 31.9 Å². The van der Waals surface area contributed by atoms with Gasteiger partial charge in [-0.3, -0.25) is 0 Å². The largest absolute Gasteiger partial charge is 0.450 e. The summed E-state index contributed by atoms with van der Waals surface area (Å²) in [6, 6.07) is 8.61. The molecule has 5 nitrogen and oxygen atoms in total. The van der Waals surface area contributed by atoms with E-state index in [0.717, 1.165) is 16.9 Å². The lowest BCUT2D eigenvalue weighted by Crippen LogP contribution is -2.25. The number of imidazole rings is 1. The van der Waals surface area contributed by atoms with E-state index in [-0.39, 0.29) is 0 Å². The van der Waals surface area contributed by atoms with Gasteiger partial charge in [-0.15, -0.1) is 0 Å². The molecule has 1 aromatic heterocycles. The van der Waals surface area contributed by atoms with E-state index in [2.05, 4.69) is 20.9 Å². The lowest BCUT2D eigenvalue weighted by molar-refractivity contribution is 0.151. The maximum atomic E-state index is 11.4. The van der Waals surface area contributed by atoms with Crippen LogP contribution in [0.5, 0.6) is 0 Å². The average molecular weight is 259 g/mol. The number of hydrogen-bond acceptors (Lipinski definition) is 3. The third-order valence-corrected chi connectivity index (χ3v) is 3.25. The fraction of sp³-hybridized carbons (Fsp3) is 0.429. The van der Waals surface area contributed by atoms with Crippen molar-refractivity contribution < 1.29 is 9.53 Å². The van der Waals surface area contributed by atoms with Crippen LogP contribution in [0, 0.1) is 0 Å². The molecule has 1 N–H and O–H groups in total. The van der Waals surface area contributed by atoms with Crippen LogP contribution in [0.1, 0.15) is 31.6 Å². The number of amides is 1. The number of ether oxygens (including phenoxy) is 1.